The highest BCUT2D eigenvalue weighted by Crippen LogP contribution is 2.26. The Morgan fingerprint density at radius 3 is 2.61 bits per heavy atom. The van der Waals surface area contributed by atoms with E-state index < -0.39 is 11.7 Å². The summed E-state index contributed by atoms with van der Waals surface area (Å²) >= 11 is 0. The molecular weight excluding hydrogens is 292 g/mol. The van der Waals surface area contributed by atoms with Crippen LogP contribution in [0.3, 0.4) is 0 Å². The van der Waals surface area contributed by atoms with Crippen LogP contribution in [0.25, 0.3) is 10.8 Å². The first-order chi connectivity index (χ1) is 10.9. The van der Waals surface area contributed by atoms with Gasteiger partial charge in [-0.15, -0.1) is 0 Å². The van der Waals surface area contributed by atoms with Crippen molar-refractivity contribution in [1.29, 1.82) is 0 Å². The lowest BCUT2D eigenvalue weighted by molar-refractivity contribution is 0.0528. The van der Waals surface area contributed by atoms with Gasteiger partial charge in [0.15, 0.2) is 0 Å². The molecule has 124 valence electrons. The number of alkyl carbamates (subject to hydrolysis) is 1. The number of carbonyl (C=O) groups is 1. The summed E-state index contributed by atoms with van der Waals surface area (Å²) in [5, 5.41) is 18.1. The lowest BCUT2D eigenvalue weighted by atomic mass is 10.0. The molecule has 2 aromatic rings. The van der Waals surface area contributed by atoms with Crippen molar-refractivity contribution in [2.24, 2.45) is 0 Å². The van der Waals surface area contributed by atoms with Gasteiger partial charge in [-0.2, -0.15) is 0 Å². The second kappa shape index (κ2) is 7.33. The fraction of sp³-hybridized carbons (Fsp3) is 0.389. The smallest absolute Gasteiger partial charge is 0.407 e. The summed E-state index contributed by atoms with van der Waals surface area (Å²) in [4.78, 5) is 11.5. The Hall–Kier alpha value is -2.27. The second-order valence-electron chi connectivity index (χ2n) is 6.39. The number of hydrogen-bond donors (Lipinski definition) is 3. The molecule has 5 heteroatoms. The molecule has 5 nitrogen and oxygen atoms in total. The minimum atomic E-state index is -0.494. The SMILES string of the molecule is CC(C)(C)OC(=O)NCCNCc1c(O)ccc2ccccc12. The van der Waals surface area contributed by atoms with Crippen LogP contribution in [-0.2, 0) is 11.3 Å². The number of nitrogens with one attached hydrogen (secondary N) is 2. The van der Waals surface area contributed by atoms with Gasteiger partial charge in [-0.1, -0.05) is 30.3 Å². The fourth-order valence-corrected chi connectivity index (χ4v) is 2.29. The van der Waals surface area contributed by atoms with Crippen LogP contribution < -0.4 is 10.6 Å². The number of carbonyl (C=O) groups excluding carboxylic acids is 1. The Kier molecular flexibility index (Phi) is 5.45. The first-order valence-corrected chi connectivity index (χ1v) is 7.74. The molecule has 0 spiro atoms. The maximum Gasteiger partial charge on any atom is 0.407 e. The van der Waals surface area contributed by atoms with E-state index in [2.05, 4.69) is 10.6 Å². The molecule has 2 rings (SSSR count). The highest BCUT2D eigenvalue weighted by Gasteiger charge is 2.15. The Balaban J connectivity index is 1.83. The molecule has 0 atom stereocenters. The van der Waals surface area contributed by atoms with E-state index >= 15 is 0 Å². The topological polar surface area (TPSA) is 70.6 Å². The quantitative estimate of drug-likeness (QED) is 0.741. The van der Waals surface area contributed by atoms with Crippen molar-refractivity contribution in [3.63, 3.8) is 0 Å². The third-order valence-corrected chi connectivity index (χ3v) is 3.29. The standard InChI is InChI=1S/C18H24N2O3/c1-18(2,3)23-17(22)20-11-10-19-12-15-14-7-5-4-6-13(14)8-9-16(15)21/h4-9,19,21H,10-12H2,1-3H3,(H,20,22). The molecule has 0 fully saturated rings. The van der Waals surface area contributed by atoms with Crippen LogP contribution in [0.15, 0.2) is 36.4 Å². The van der Waals surface area contributed by atoms with Crippen LogP contribution in [0.4, 0.5) is 4.79 Å². The third kappa shape index (κ3) is 5.14. The number of phenolic OH excluding ortho intramolecular Hbond substituents is 1. The van der Waals surface area contributed by atoms with Gasteiger partial charge < -0.3 is 20.5 Å². The molecule has 3 N–H and O–H groups in total. The van der Waals surface area contributed by atoms with E-state index in [9.17, 15) is 9.90 Å². The number of aromatic hydroxyl groups is 1. The summed E-state index contributed by atoms with van der Waals surface area (Å²) in [5.74, 6) is 0.274. The molecule has 0 aliphatic rings. The van der Waals surface area contributed by atoms with Crippen LogP contribution in [0.2, 0.25) is 0 Å². The van der Waals surface area contributed by atoms with Gasteiger partial charge in [-0.05, 0) is 37.6 Å². The summed E-state index contributed by atoms with van der Waals surface area (Å²) in [5.41, 5.74) is 0.368. The van der Waals surface area contributed by atoms with Crippen LogP contribution >= 0.6 is 0 Å². The van der Waals surface area contributed by atoms with Gasteiger partial charge in [0.1, 0.15) is 11.4 Å². The van der Waals surface area contributed by atoms with Gasteiger partial charge in [0.2, 0.25) is 0 Å². The molecule has 0 bridgehead atoms. The summed E-state index contributed by atoms with van der Waals surface area (Å²) in [7, 11) is 0. The minimum Gasteiger partial charge on any atom is -0.508 e. The first-order valence-electron chi connectivity index (χ1n) is 7.74. The summed E-state index contributed by atoms with van der Waals surface area (Å²) in [6, 6.07) is 11.5. The second-order valence-corrected chi connectivity index (χ2v) is 6.39. The van der Waals surface area contributed by atoms with Crippen molar-refractivity contribution in [2.45, 2.75) is 32.9 Å². The van der Waals surface area contributed by atoms with E-state index in [-0.39, 0.29) is 5.75 Å². The Labute approximate surface area is 136 Å². The first kappa shape index (κ1) is 17.1. The number of phenols is 1. The van der Waals surface area contributed by atoms with Crippen LogP contribution in [0, 0.1) is 0 Å². The zero-order chi connectivity index (χ0) is 16.9. The predicted molar refractivity (Wildman–Crippen MR) is 91.6 cm³/mol. The normalized spacial score (nSPS) is 11.4. The molecule has 0 radical (unpaired) electrons. The lowest BCUT2D eigenvalue weighted by Gasteiger charge is -2.19. The molecule has 1 amide bonds. The van der Waals surface area contributed by atoms with E-state index in [1.807, 2.05) is 51.1 Å². The molecule has 2 aromatic carbocycles. The van der Waals surface area contributed by atoms with Crippen molar-refractivity contribution in [3.05, 3.63) is 42.0 Å². The highest BCUT2D eigenvalue weighted by atomic mass is 16.6. The minimum absolute atomic E-state index is 0.274. The van der Waals surface area contributed by atoms with E-state index in [0.717, 1.165) is 16.3 Å². The van der Waals surface area contributed by atoms with Crippen LogP contribution in [0.5, 0.6) is 5.75 Å². The Morgan fingerprint density at radius 1 is 1.13 bits per heavy atom. The average Bonchev–Trinajstić information content (AvgIpc) is 2.47. The molecule has 23 heavy (non-hydrogen) atoms. The largest absolute Gasteiger partial charge is 0.508 e. The number of rotatable bonds is 5. The Bertz CT molecular complexity index is 678. The molecule has 0 aromatic heterocycles. The van der Waals surface area contributed by atoms with Crippen molar-refractivity contribution in [1.82, 2.24) is 10.6 Å². The van der Waals surface area contributed by atoms with E-state index in [4.69, 9.17) is 4.74 Å². The lowest BCUT2D eigenvalue weighted by Crippen LogP contribution is -2.36. The van der Waals surface area contributed by atoms with Gasteiger partial charge >= 0.3 is 6.09 Å². The summed E-state index contributed by atoms with van der Waals surface area (Å²) < 4.78 is 5.16. The van der Waals surface area contributed by atoms with Gasteiger partial charge in [0, 0.05) is 25.2 Å². The third-order valence-electron chi connectivity index (χ3n) is 3.29. The molecule has 0 aliphatic carbocycles. The summed E-state index contributed by atoms with van der Waals surface area (Å²) in [6.45, 7) is 7.06. The molecule has 0 saturated carbocycles. The maximum absolute atomic E-state index is 11.5. The van der Waals surface area contributed by atoms with Gasteiger partial charge in [0.05, 0.1) is 0 Å². The zero-order valence-electron chi connectivity index (χ0n) is 13.8. The summed E-state index contributed by atoms with van der Waals surface area (Å²) in [6.07, 6.45) is -0.424. The van der Waals surface area contributed by atoms with E-state index in [0.29, 0.717) is 19.6 Å². The maximum atomic E-state index is 11.5. The van der Waals surface area contributed by atoms with Gasteiger partial charge in [0.25, 0.3) is 0 Å². The van der Waals surface area contributed by atoms with Crippen LogP contribution in [0.1, 0.15) is 26.3 Å². The Morgan fingerprint density at radius 2 is 1.87 bits per heavy atom. The number of fused-ring (bicyclic) bond motifs is 1. The fourth-order valence-electron chi connectivity index (χ4n) is 2.29. The van der Waals surface area contributed by atoms with Crippen molar-refractivity contribution in [3.8, 4) is 5.75 Å². The average molecular weight is 316 g/mol. The van der Waals surface area contributed by atoms with Gasteiger partial charge in [-0.25, -0.2) is 4.79 Å². The van der Waals surface area contributed by atoms with Gasteiger partial charge in [-0.3, -0.25) is 0 Å². The molecule has 0 saturated heterocycles. The molecular formula is C18H24N2O3. The van der Waals surface area contributed by atoms with Crippen LogP contribution in [-0.4, -0.2) is 29.9 Å². The number of amides is 1. The highest BCUT2D eigenvalue weighted by molar-refractivity contribution is 5.87. The van der Waals surface area contributed by atoms with Crippen molar-refractivity contribution >= 4 is 16.9 Å². The molecule has 0 aliphatic heterocycles. The molecule has 0 unspecified atom stereocenters. The monoisotopic (exact) mass is 316 g/mol. The number of ether oxygens (including phenoxy) is 1. The predicted octanol–water partition coefficient (Wildman–Crippen LogP) is 3.16. The zero-order valence-corrected chi connectivity index (χ0v) is 13.8. The van der Waals surface area contributed by atoms with Crippen molar-refractivity contribution < 1.29 is 14.6 Å². The van der Waals surface area contributed by atoms with E-state index in [1.165, 1.54) is 0 Å². The van der Waals surface area contributed by atoms with Crippen molar-refractivity contribution in [2.75, 3.05) is 13.1 Å². The molecule has 0 heterocycles. The van der Waals surface area contributed by atoms with E-state index in [1.54, 1.807) is 6.07 Å². The number of hydrogen-bond acceptors (Lipinski definition) is 4. The number of benzene rings is 2.